The van der Waals surface area contributed by atoms with Gasteiger partial charge in [0.25, 0.3) is 5.91 Å². The predicted molar refractivity (Wildman–Crippen MR) is 106 cm³/mol. The number of nitrogens with zero attached hydrogens (tertiary/aromatic N) is 2. The Kier molecular flexibility index (Phi) is 6.42. The predicted octanol–water partition coefficient (Wildman–Crippen LogP) is 1.74. The zero-order chi connectivity index (χ0) is 19.1. The van der Waals surface area contributed by atoms with Crippen molar-refractivity contribution < 1.29 is 9.90 Å². The van der Waals surface area contributed by atoms with Gasteiger partial charge in [-0.3, -0.25) is 4.79 Å². The topological polar surface area (TPSA) is 91.5 Å². The summed E-state index contributed by atoms with van der Waals surface area (Å²) >= 11 is 0. The van der Waals surface area contributed by atoms with Crippen LogP contribution in [0.15, 0.2) is 48.7 Å². The number of hydrogen-bond acceptors (Lipinski definition) is 5. The van der Waals surface area contributed by atoms with Gasteiger partial charge < -0.3 is 21.1 Å². The van der Waals surface area contributed by atoms with Crippen LogP contribution in [0, 0.1) is 0 Å². The van der Waals surface area contributed by atoms with Crippen LogP contribution in [0.25, 0.3) is 0 Å². The van der Waals surface area contributed by atoms with Gasteiger partial charge in [0.1, 0.15) is 5.82 Å². The van der Waals surface area contributed by atoms with E-state index < -0.39 is 5.60 Å². The van der Waals surface area contributed by atoms with E-state index in [0.717, 1.165) is 24.8 Å². The van der Waals surface area contributed by atoms with E-state index in [0.29, 0.717) is 31.9 Å². The molecule has 1 atom stereocenters. The van der Waals surface area contributed by atoms with Crippen molar-refractivity contribution in [1.29, 1.82) is 0 Å². The van der Waals surface area contributed by atoms with E-state index in [4.69, 9.17) is 5.73 Å². The zero-order valence-corrected chi connectivity index (χ0v) is 15.6. The lowest BCUT2D eigenvalue weighted by atomic mass is 9.91. The molecule has 1 aliphatic heterocycles. The van der Waals surface area contributed by atoms with Crippen molar-refractivity contribution in [2.75, 3.05) is 25.4 Å². The molecule has 144 valence electrons. The molecule has 3 rings (SSSR count). The third-order valence-electron chi connectivity index (χ3n) is 5.10. The number of piperidine rings is 1. The summed E-state index contributed by atoms with van der Waals surface area (Å²) in [4.78, 5) is 18.6. The molecular weight excluding hydrogens is 340 g/mol. The summed E-state index contributed by atoms with van der Waals surface area (Å²) in [5, 5.41) is 14.0. The van der Waals surface area contributed by atoms with Crippen LogP contribution in [-0.2, 0) is 17.8 Å². The second-order valence-electron chi connectivity index (χ2n) is 7.17. The summed E-state index contributed by atoms with van der Waals surface area (Å²) in [6.45, 7) is 2.08. The van der Waals surface area contributed by atoms with Gasteiger partial charge in [-0.2, -0.15) is 0 Å². The molecule has 0 radical (unpaired) electrons. The van der Waals surface area contributed by atoms with E-state index in [2.05, 4.69) is 22.4 Å². The fourth-order valence-electron chi connectivity index (χ4n) is 3.57. The Labute approximate surface area is 160 Å². The minimum atomic E-state index is -1.35. The maximum absolute atomic E-state index is 12.8. The van der Waals surface area contributed by atoms with Crippen molar-refractivity contribution in [2.24, 2.45) is 0 Å². The zero-order valence-electron chi connectivity index (χ0n) is 15.6. The number of nitrogens with two attached hydrogens (primary N) is 1. The van der Waals surface area contributed by atoms with Gasteiger partial charge in [-0.1, -0.05) is 36.4 Å². The van der Waals surface area contributed by atoms with E-state index in [1.165, 1.54) is 5.56 Å². The van der Waals surface area contributed by atoms with E-state index in [1.807, 2.05) is 30.3 Å². The Morgan fingerprint density at radius 2 is 2.04 bits per heavy atom. The van der Waals surface area contributed by atoms with Crippen LogP contribution >= 0.6 is 0 Å². The van der Waals surface area contributed by atoms with Crippen LogP contribution in [0.5, 0.6) is 0 Å². The lowest BCUT2D eigenvalue weighted by molar-refractivity contribution is -0.156. The Morgan fingerprint density at radius 3 is 2.81 bits per heavy atom. The van der Waals surface area contributed by atoms with Gasteiger partial charge in [-0.15, -0.1) is 0 Å². The number of nitrogens with one attached hydrogen (secondary N) is 1. The van der Waals surface area contributed by atoms with Crippen LogP contribution in [0.3, 0.4) is 0 Å². The molecule has 6 heteroatoms. The number of amides is 1. The lowest BCUT2D eigenvalue weighted by Crippen LogP contribution is -2.58. The standard InChI is InChI=1S/C21H28N4O2/c22-19-18(10-4-12-24-19)15-23-16-21(27)11-6-14-25(20(21)26)13-5-9-17-7-2-1-3-8-17/h1-4,7-8,10,12,23,27H,5-6,9,11,13-16H2,(H2,22,24)/t21-/m1/s1. The number of pyridine rings is 1. The van der Waals surface area contributed by atoms with Crippen LogP contribution in [0.1, 0.15) is 30.4 Å². The molecule has 0 spiro atoms. The number of aryl methyl sites for hydroxylation is 1. The van der Waals surface area contributed by atoms with Gasteiger partial charge >= 0.3 is 0 Å². The quantitative estimate of drug-likeness (QED) is 0.660. The molecule has 2 aromatic rings. The van der Waals surface area contributed by atoms with Gasteiger partial charge in [-0.25, -0.2) is 4.98 Å². The molecule has 4 N–H and O–H groups in total. The Hall–Kier alpha value is -2.44. The number of benzene rings is 1. The van der Waals surface area contributed by atoms with E-state index in [1.54, 1.807) is 11.1 Å². The van der Waals surface area contributed by atoms with Crippen LogP contribution in [-0.4, -0.2) is 46.1 Å². The van der Waals surface area contributed by atoms with E-state index in [-0.39, 0.29) is 12.5 Å². The first-order valence-electron chi connectivity index (χ1n) is 9.54. The van der Waals surface area contributed by atoms with Crippen molar-refractivity contribution >= 4 is 11.7 Å². The van der Waals surface area contributed by atoms with Crippen molar-refractivity contribution in [1.82, 2.24) is 15.2 Å². The highest BCUT2D eigenvalue weighted by atomic mass is 16.3. The molecule has 1 saturated heterocycles. The van der Waals surface area contributed by atoms with Crippen molar-refractivity contribution in [2.45, 2.75) is 37.8 Å². The molecule has 27 heavy (non-hydrogen) atoms. The van der Waals surface area contributed by atoms with Crippen molar-refractivity contribution in [3.63, 3.8) is 0 Å². The largest absolute Gasteiger partial charge is 0.383 e. The molecular formula is C21H28N4O2. The third-order valence-corrected chi connectivity index (χ3v) is 5.10. The highest BCUT2D eigenvalue weighted by Gasteiger charge is 2.41. The van der Waals surface area contributed by atoms with Gasteiger partial charge in [0.05, 0.1) is 0 Å². The molecule has 1 aromatic carbocycles. The van der Waals surface area contributed by atoms with Crippen LogP contribution in [0.2, 0.25) is 0 Å². The minimum Gasteiger partial charge on any atom is -0.383 e. The molecule has 0 bridgehead atoms. The summed E-state index contributed by atoms with van der Waals surface area (Å²) < 4.78 is 0. The summed E-state index contributed by atoms with van der Waals surface area (Å²) in [5.41, 5.74) is 6.63. The first-order chi connectivity index (χ1) is 13.1. The SMILES string of the molecule is Nc1ncccc1CNC[C@]1(O)CCCN(CCCc2ccccc2)C1=O. The van der Waals surface area contributed by atoms with E-state index >= 15 is 0 Å². The fraction of sp³-hybridized carbons (Fsp3) is 0.429. The first-order valence-corrected chi connectivity index (χ1v) is 9.54. The third kappa shape index (κ3) is 5.05. The maximum atomic E-state index is 12.8. The number of nitrogen functional groups attached to an aromatic ring is 1. The summed E-state index contributed by atoms with van der Waals surface area (Å²) in [7, 11) is 0. The minimum absolute atomic E-state index is 0.173. The number of carbonyl (C=O) groups is 1. The lowest BCUT2D eigenvalue weighted by Gasteiger charge is -2.38. The Bertz CT molecular complexity index is 753. The number of anilines is 1. The summed E-state index contributed by atoms with van der Waals surface area (Å²) in [6.07, 6.45) is 4.76. The molecule has 0 saturated carbocycles. The summed E-state index contributed by atoms with van der Waals surface area (Å²) in [6, 6.07) is 14.0. The molecule has 0 aliphatic carbocycles. The fourth-order valence-corrected chi connectivity index (χ4v) is 3.57. The second-order valence-corrected chi connectivity index (χ2v) is 7.17. The van der Waals surface area contributed by atoms with Gasteiger partial charge in [-0.05, 0) is 37.3 Å². The van der Waals surface area contributed by atoms with Crippen molar-refractivity contribution in [3.8, 4) is 0 Å². The number of likely N-dealkylation sites (tertiary alicyclic amines) is 1. The number of aromatic nitrogens is 1. The molecule has 1 amide bonds. The molecule has 1 aromatic heterocycles. The number of aliphatic hydroxyl groups is 1. The average molecular weight is 368 g/mol. The highest BCUT2D eigenvalue weighted by Crippen LogP contribution is 2.23. The number of rotatable bonds is 8. The van der Waals surface area contributed by atoms with Gasteiger partial charge in [0.2, 0.25) is 0 Å². The highest BCUT2D eigenvalue weighted by molar-refractivity contribution is 5.86. The summed E-state index contributed by atoms with van der Waals surface area (Å²) in [5.74, 6) is 0.294. The maximum Gasteiger partial charge on any atom is 0.255 e. The normalized spacial score (nSPS) is 20.0. The second kappa shape index (κ2) is 8.97. The van der Waals surface area contributed by atoms with Gasteiger partial charge in [0.15, 0.2) is 5.60 Å². The molecule has 6 nitrogen and oxygen atoms in total. The van der Waals surface area contributed by atoms with Crippen LogP contribution in [0.4, 0.5) is 5.82 Å². The number of carbonyl (C=O) groups excluding carboxylic acids is 1. The molecule has 2 heterocycles. The smallest absolute Gasteiger partial charge is 0.255 e. The Morgan fingerprint density at radius 1 is 1.22 bits per heavy atom. The van der Waals surface area contributed by atoms with E-state index in [9.17, 15) is 9.90 Å². The number of hydrogen-bond donors (Lipinski definition) is 3. The Balaban J connectivity index is 1.49. The average Bonchev–Trinajstić information content (AvgIpc) is 2.68. The molecule has 1 aliphatic rings. The monoisotopic (exact) mass is 368 g/mol. The van der Waals surface area contributed by atoms with Crippen molar-refractivity contribution in [3.05, 3.63) is 59.8 Å². The van der Waals surface area contributed by atoms with Gasteiger partial charge in [0, 0.05) is 37.9 Å². The van der Waals surface area contributed by atoms with Crippen LogP contribution < -0.4 is 11.1 Å². The first kappa shape index (κ1) is 19.3. The molecule has 1 fully saturated rings. The molecule has 0 unspecified atom stereocenters.